The molecule has 1 aromatic rings. The Bertz CT molecular complexity index is 573. The standard InChI is InChI=1S/C19H23N/c1-4-6-10-17-13-14-20(3)15-19(17)18-12-8-7-11-16(18)9-5-2/h4-9,11-13,15H,10,14H2,1-3H3. The summed E-state index contributed by atoms with van der Waals surface area (Å²) in [6.07, 6.45) is 14.2. The van der Waals surface area contributed by atoms with E-state index in [-0.39, 0.29) is 0 Å². The number of hydrogen-bond donors (Lipinski definition) is 0. The molecule has 0 saturated heterocycles. The maximum Gasteiger partial charge on any atom is 0.0357 e. The maximum atomic E-state index is 2.34. The molecule has 0 bridgehead atoms. The van der Waals surface area contributed by atoms with Gasteiger partial charge in [0.25, 0.3) is 0 Å². The van der Waals surface area contributed by atoms with Gasteiger partial charge in [0.1, 0.15) is 0 Å². The van der Waals surface area contributed by atoms with E-state index in [4.69, 9.17) is 0 Å². The van der Waals surface area contributed by atoms with E-state index in [0.29, 0.717) is 0 Å². The third-order valence-electron chi connectivity index (χ3n) is 3.49. The second-order valence-corrected chi connectivity index (χ2v) is 5.07. The van der Waals surface area contributed by atoms with E-state index in [9.17, 15) is 0 Å². The predicted molar refractivity (Wildman–Crippen MR) is 89.3 cm³/mol. The Morgan fingerprint density at radius 1 is 1.15 bits per heavy atom. The molecule has 0 unspecified atom stereocenters. The van der Waals surface area contributed by atoms with Crippen LogP contribution in [0.1, 0.15) is 31.4 Å². The molecule has 104 valence electrons. The Kier molecular flexibility index (Phi) is 5.00. The Labute approximate surface area is 122 Å². The molecule has 2 rings (SSSR count). The molecule has 0 aromatic heterocycles. The van der Waals surface area contributed by atoms with Crippen LogP contribution in [0.4, 0.5) is 0 Å². The molecule has 20 heavy (non-hydrogen) atoms. The van der Waals surface area contributed by atoms with Crippen molar-refractivity contribution in [1.29, 1.82) is 0 Å². The highest BCUT2D eigenvalue weighted by molar-refractivity contribution is 5.84. The largest absolute Gasteiger partial charge is 0.376 e. The van der Waals surface area contributed by atoms with Crippen molar-refractivity contribution in [2.45, 2.75) is 20.3 Å². The SMILES string of the molecule is CC=CCC1=CCN(C)C=C1c1ccccc1C=CC. The lowest BCUT2D eigenvalue weighted by molar-refractivity contribution is 0.504. The molecule has 1 aromatic carbocycles. The third kappa shape index (κ3) is 3.30. The molecule has 0 radical (unpaired) electrons. The first kappa shape index (κ1) is 14.4. The van der Waals surface area contributed by atoms with Gasteiger partial charge >= 0.3 is 0 Å². The molecular formula is C19H23N. The number of benzene rings is 1. The van der Waals surface area contributed by atoms with Crippen molar-refractivity contribution >= 4 is 11.6 Å². The Hall–Kier alpha value is -2.02. The molecule has 0 fully saturated rings. The lowest BCUT2D eigenvalue weighted by Gasteiger charge is -2.24. The average molecular weight is 265 g/mol. The summed E-state index contributed by atoms with van der Waals surface area (Å²) in [7, 11) is 2.13. The van der Waals surface area contributed by atoms with E-state index in [1.165, 1.54) is 22.3 Å². The Morgan fingerprint density at radius 3 is 2.70 bits per heavy atom. The van der Waals surface area contributed by atoms with E-state index in [2.05, 4.69) is 86.6 Å². The third-order valence-corrected chi connectivity index (χ3v) is 3.49. The van der Waals surface area contributed by atoms with Crippen molar-refractivity contribution < 1.29 is 0 Å². The molecule has 0 amide bonds. The summed E-state index contributed by atoms with van der Waals surface area (Å²) in [4.78, 5) is 2.24. The summed E-state index contributed by atoms with van der Waals surface area (Å²) in [6, 6.07) is 8.61. The predicted octanol–water partition coefficient (Wildman–Crippen LogP) is 4.90. The van der Waals surface area contributed by atoms with Crippen LogP contribution in [0.3, 0.4) is 0 Å². The van der Waals surface area contributed by atoms with Gasteiger partial charge < -0.3 is 4.90 Å². The number of allylic oxidation sites excluding steroid dienone is 5. The van der Waals surface area contributed by atoms with Gasteiger partial charge in [-0.1, -0.05) is 54.6 Å². The lowest BCUT2D eigenvalue weighted by Crippen LogP contribution is -2.16. The van der Waals surface area contributed by atoms with Gasteiger partial charge in [-0.3, -0.25) is 0 Å². The monoisotopic (exact) mass is 265 g/mol. The van der Waals surface area contributed by atoms with Crippen molar-refractivity contribution in [3.8, 4) is 0 Å². The van der Waals surface area contributed by atoms with Crippen LogP contribution in [0.5, 0.6) is 0 Å². The highest BCUT2D eigenvalue weighted by Gasteiger charge is 2.14. The fraction of sp³-hybridized carbons (Fsp3) is 0.263. The first-order valence-corrected chi connectivity index (χ1v) is 7.21. The van der Waals surface area contributed by atoms with Gasteiger partial charge in [-0.25, -0.2) is 0 Å². The number of likely N-dealkylation sites (N-methyl/N-ethyl adjacent to an activating group) is 1. The van der Waals surface area contributed by atoms with E-state index in [1.54, 1.807) is 0 Å². The van der Waals surface area contributed by atoms with Crippen LogP contribution in [-0.2, 0) is 0 Å². The molecule has 0 saturated carbocycles. The van der Waals surface area contributed by atoms with Crippen LogP contribution in [0.2, 0.25) is 0 Å². The zero-order valence-electron chi connectivity index (χ0n) is 12.6. The number of rotatable bonds is 4. The van der Waals surface area contributed by atoms with Crippen molar-refractivity contribution in [2.24, 2.45) is 0 Å². The van der Waals surface area contributed by atoms with Crippen LogP contribution in [0.25, 0.3) is 11.6 Å². The minimum absolute atomic E-state index is 0.988. The molecule has 0 N–H and O–H groups in total. The van der Waals surface area contributed by atoms with Crippen LogP contribution < -0.4 is 0 Å². The van der Waals surface area contributed by atoms with Gasteiger partial charge in [0.15, 0.2) is 0 Å². The summed E-state index contributed by atoms with van der Waals surface area (Å²) < 4.78 is 0. The van der Waals surface area contributed by atoms with Crippen molar-refractivity contribution in [1.82, 2.24) is 4.90 Å². The minimum atomic E-state index is 0.988. The van der Waals surface area contributed by atoms with Crippen LogP contribution >= 0.6 is 0 Å². The highest BCUT2D eigenvalue weighted by Crippen LogP contribution is 2.31. The zero-order valence-corrected chi connectivity index (χ0v) is 12.6. The van der Waals surface area contributed by atoms with E-state index >= 15 is 0 Å². The van der Waals surface area contributed by atoms with Crippen LogP contribution in [-0.4, -0.2) is 18.5 Å². The minimum Gasteiger partial charge on any atom is -0.376 e. The zero-order chi connectivity index (χ0) is 14.4. The Morgan fingerprint density at radius 2 is 1.95 bits per heavy atom. The summed E-state index contributed by atoms with van der Waals surface area (Å²) in [6.45, 7) is 5.13. The maximum absolute atomic E-state index is 2.34. The smallest absolute Gasteiger partial charge is 0.0357 e. The van der Waals surface area contributed by atoms with Gasteiger partial charge in [0.05, 0.1) is 0 Å². The van der Waals surface area contributed by atoms with Gasteiger partial charge in [-0.2, -0.15) is 0 Å². The molecule has 0 atom stereocenters. The van der Waals surface area contributed by atoms with Gasteiger partial charge in [-0.15, -0.1) is 0 Å². The van der Waals surface area contributed by atoms with Gasteiger partial charge in [-0.05, 0) is 37.0 Å². The normalized spacial score (nSPS) is 15.8. The summed E-state index contributed by atoms with van der Waals surface area (Å²) >= 11 is 0. The second-order valence-electron chi connectivity index (χ2n) is 5.07. The summed E-state index contributed by atoms with van der Waals surface area (Å²) in [5.74, 6) is 0. The first-order chi connectivity index (χ1) is 9.76. The Balaban J connectivity index is 2.44. The fourth-order valence-electron chi connectivity index (χ4n) is 2.47. The van der Waals surface area contributed by atoms with Crippen molar-refractivity contribution in [3.63, 3.8) is 0 Å². The molecule has 1 aliphatic heterocycles. The van der Waals surface area contributed by atoms with Crippen molar-refractivity contribution in [3.05, 3.63) is 71.5 Å². The average Bonchev–Trinajstić information content (AvgIpc) is 2.47. The second kappa shape index (κ2) is 6.95. The molecule has 0 spiro atoms. The quantitative estimate of drug-likeness (QED) is 0.700. The molecule has 1 heterocycles. The summed E-state index contributed by atoms with van der Waals surface area (Å²) in [5.41, 5.74) is 5.35. The molecule has 1 aliphatic rings. The number of nitrogens with zero attached hydrogens (tertiary/aromatic N) is 1. The van der Waals surface area contributed by atoms with Crippen LogP contribution in [0, 0.1) is 0 Å². The van der Waals surface area contributed by atoms with Crippen LogP contribution in [0.15, 0.2) is 60.3 Å². The lowest BCUT2D eigenvalue weighted by atomic mass is 9.90. The molecule has 0 aliphatic carbocycles. The van der Waals surface area contributed by atoms with E-state index in [0.717, 1.165) is 13.0 Å². The summed E-state index contributed by atoms with van der Waals surface area (Å²) in [5, 5.41) is 0. The van der Waals surface area contributed by atoms with Crippen molar-refractivity contribution in [2.75, 3.05) is 13.6 Å². The van der Waals surface area contributed by atoms with E-state index < -0.39 is 0 Å². The highest BCUT2D eigenvalue weighted by atomic mass is 15.1. The van der Waals surface area contributed by atoms with E-state index in [1.807, 2.05) is 0 Å². The molecule has 1 heteroatoms. The first-order valence-electron chi connectivity index (χ1n) is 7.21. The fourth-order valence-corrected chi connectivity index (χ4v) is 2.47. The van der Waals surface area contributed by atoms with Gasteiger partial charge in [0, 0.05) is 25.4 Å². The molecule has 1 nitrogen and oxygen atoms in total. The topological polar surface area (TPSA) is 3.24 Å². The van der Waals surface area contributed by atoms with Gasteiger partial charge in [0.2, 0.25) is 0 Å². The number of hydrogen-bond acceptors (Lipinski definition) is 1. The molecular weight excluding hydrogens is 242 g/mol.